The molecule has 0 saturated heterocycles. The van der Waals surface area contributed by atoms with E-state index >= 15 is 0 Å². The monoisotopic (exact) mass is 298 g/mol. The number of amides is 1. The van der Waals surface area contributed by atoms with Crippen LogP contribution in [0.3, 0.4) is 0 Å². The van der Waals surface area contributed by atoms with Crippen molar-refractivity contribution in [3.05, 3.63) is 0 Å². The minimum atomic E-state index is -0.748. The zero-order chi connectivity index (χ0) is 16.0. The van der Waals surface area contributed by atoms with Gasteiger partial charge in [0.2, 0.25) is 5.91 Å². The lowest BCUT2D eigenvalue weighted by molar-refractivity contribution is -0.141. The summed E-state index contributed by atoms with van der Waals surface area (Å²) < 4.78 is 0. The van der Waals surface area contributed by atoms with Crippen molar-refractivity contribution in [2.24, 2.45) is 23.0 Å². The van der Waals surface area contributed by atoms with Gasteiger partial charge in [0.05, 0.1) is 5.92 Å². The van der Waals surface area contributed by atoms with Crippen LogP contribution >= 0.6 is 0 Å². The Bertz CT molecular complexity index is 363. The number of carboxylic acid groups (broad SMARTS) is 1. The zero-order valence-corrected chi connectivity index (χ0v) is 13.5. The van der Waals surface area contributed by atoms with Gasteiger partial charge in [0.1, 0.15) is 0 Å². The Morgan fingerprint density at radius 3 is 2.43 bits per heavy atom. The second-order valence-electron chi connectivity index (χ2n) is 7.29. The minimum Gasteiger partial charge on any atom is -0.481 e. The van der Waals surface area contributed by atoms with Crippen molar-refractivity contribution in [1.82, 2.24) is 5.32 Å². The summed E-state index contributed by atoms with van der Waals surface area (Å²) in [5, 5.41) is 11.9. The number of carbonyl (C=O) groups is 2. The van der Waals surface area contributed by atoms with Crippen LogP contribution in [0.1, 0.15) is 59.3 Å². The van der Waals surface area contributed by atoms with Crippen LogP contribution in [0.5, 0.6) is 0 Å². The smallest absolute Gasteiger partial charge is 0.306 e. The lowest BCUT2D eigenvalue weighted by Crippen LogP contribution is -2.34. The fourth-order valence-electron chi connectivity index (χ4n) is 3.15. The van der Waals surface area contributed by atoms with Crippen molar-refractivity contribution in [2.75, 3.05) is 6.54 Å². The average Bonchev–Trinajstić information content (AvgIpc) is 2.81. The van der Waals surface area contributed by atoms with E-state index in [1.54, 1.807) is 0 Å². The molecule has 0 aliphatic heterocycles. The first-order valence-electron chi connectivity index (χ1n) is 7.96. The topological polar surface area (TPSA) is 92.4 Å². The third-order valence-corrected chi connectivity index (χ3v) is 4.61. The molecular weight excluding hydrogens is 268 g/mol. The van der Waals surface area contributed by atoms with Gasteiger partial charge in [0, 0.05) is 12.5 Å². The van der Waals surface area contributed by atoms with E-state index in [-0.39, 0.29) is 23.3 Å². The van der Waals surface area contributed by atoms with E-state index in [0.717, 1.165) is 19.3 Å². The molecule has 1 aliphatic rings. The number of carboxylic acids is 1. The van der Waals surface area contributed by atoms with Gasteiger partial charge in [-0.1, -0.05) is 20.8 Å². The van der Waals surface area contributed by atoms with Gasteiger partial charge in [0.25, 0.3) is 0 Å². The molecule has 3 atom stereocenters. The molecule has 0 heterocycles. The number of rotatable bonds is 7. The third-order valence-electron chi connectivity index (χ3n) is 4.61. The average molecular weight is 298 g/mol. The van der Waals surface area contributed by atoms with Gasteiger partial charge in [0.15, 0.2) is 0 Å². The SMILES string of the molecule is CC(C)(C)C(CCN)CCC(=O)NC1CCC(C(=O)O)C1. The quantitative estimate of drug-likeness (QED) is 0.671. The lowest BCUT2D eigenvalue weighted by atomic mass is 9.76. The summed E-state index contributed by atoms with van der Waals surface area (Å²) in [6, 6.07) is 0.0289. The fourth-order valence-corrected chi connectivity index (χ4v) is 3.15. The van der Waals surface area contributed by atoms with Crippen LogP contribution in [0, 0.1) is 17.3 Å². The molecule has 122 valence electrons. The van der Waals surface area contributed by atoms with E-state index in [1.807, 2.05) is 0 Å². The Morgan fingerprint density at radius 1 is 1.29 bits per heavy atom. The molecular formula is C16H30N2O3. The molecule has 1 saturated carbocycles. The van der Waals surface area contributed by atoms with Gasteiger partial charge in [-0.25, -0.2) is 0 Å². The predicted octanol–water partition coefficient (Wildman–Crippen LogP) is 2.15. The second kappa shape index (κ2) is 7.78. The standard InChI is InChI=1S/C16H30N2O3/c1-16(2,3)12(8-9-17)5-7-14(19)18-13-6-4-11(10-13)15(20)21/h11-13H,4-10,17H2,1-3H3,(H,18,19)(H,20,21). The predicted molar refractivity (Wildman–Crippen MR) is 82.8 cm³/mol. The first kappa shape index (κ1) is 18.0. The van der Waals surface area contributed by atoms with Crippen LogP contribution in [0.2, 0.25) is 0 Å². The molecule has 0 aromatic rings. The maximum atomic E-state index is 12.0. The van der Waals surface area contributed by atoms with Gasteiger partial charge in [-0.2, -0.15) is 0 Å². The highest BCUT2D eigenvalue weighted by atomic mass is 16.4. The summed E-state index contributed by atoms with van der Waals surface area (Å²) in [6.07, 6.45) is 4.26. The van der Waals surface area contributed by atoms with Gasteiger partial charge in [-0.3, -0.25) is 9.59 Å². The number of hydrogen-bond acceptors (Lipinski definition) is 3. The van der Waals surface area contributed by atoms with E-state index in [1.165, 1.54) is 0 Å². The number of aliphatic carboxylic acids is 1. The summed E-state index contributed by atoms with van der Waals surface area (Å²) in [6.45, 7) is 7.19. The first-order valence-corrected chi connectivity index (χ1v) is 7.96. The summed E-state index contributed by atoms with van der Waals surface area (Å²) in [5.74, 6) is -0.571. The Morgan fingerprint density at radius 2 is 1.95 bits per heavy atom. The summed E-state index contributed by atoms with van der Waals surface area (Å²) in [4.78, 5) is 22.9. The highest BCUT2D eigenvalue weighted by molar-refractivity contribution is 5.76. The van der Waals surface area contributed by atoms with Crippen LogP contribution < -0.4 is 11.1 Å². The van der Waals surface area contributed by atoms with Crippen molar-refractivity contribution >= 4 is 11.9 Å². The molecule has 4 N–H and O–H groups in total. The van der Waals surface area contributed by atoms with E-state index in [4.69, 9.17) is 10.8 Å². The minimum absolute atomic E-state index is 0.0289. The molecule has 0 spiro atoms. The van der Waals surface area contributed by atoms with Crippen LogP contribution in [-0.2, 0) is 9.59 Å². The van der Waals surface area contributed by atoms with Gasteiger partial charge < -0.3 is 16.2 Å². The Labute approximate surface area is 127 Å². The Kier molecular flexibility index (Phi) is 6.65. The van der Waals surface area contributed by atoms with E-state index in [9.17, 15) is 9.59 Å². The van der Waals surface area contributed by atoms with Crippen LogP contribution in [0.4, 0.5) is 0 Å². The summed E-state index contributed by atoms with van der Waals surface area (Å²) >= 11 is 0. The van der Waals surface area contributed by atoms with Crippen molar-refractivity contribution in [1.29, 1.82) is 0 Å². The molecule has 0 bridgehead atoms. The molecule has 1 rings (SSSR count). The first-order chi connectivity index (χ1) is 9.74. The van der Waals surface area contributed by atoms with Crippen LogP contribution in [0.15, 0.2) is 0 Å². The number of nitrogens with two attached hydrogens (primary N) is 1. The number of nitrogens with one attached hydrogen (secondary N) is 1. The third kappa shape index (κ3) is 6.04. The molecule has 0 aromatic carbocycles. The maximum Gasteiger partial charge on any atom is 0.306 e. The molecule has 3 unspecified atom stereocenters. The Hall–Kier alpha value is -1.10. The molecule has 5 heteroatoms. The lowest BCUT2D eigenvalue weighted by Gasteiger charge is -2.30. The zero-order valence-electron chi connectivity index (χ0n) is 13.5. The Balaban J connectivity index is 2.35. The normalized spacial score (nSPS) is 23.8. The summed E-state index contributed by atoms with van der Waals surface area (Å²) in [7, 11) is 0. The number of carbonyl (C=O) groups excluding carboxylic acids is 1. The molecule has 0 radical (unpaired) electrons. The highest BCUT2D eigenvalue weighted by Gasteiger charge is 2.31. The van der Waals surface area contributed by atoms with E-state index < -0.39 is 5.97 Å². The molecule has 1 amide bonds. The molecule has 1 fully saturated rings. The molecule has 1 aliphatic carbocycles. The van der Waals surface area contributed by atoms with E-state index in [0.29, 0.717) is 31.7 Å². The van der Waals surface area contributed by atoms with Crippen molar-refractivity contribution in [3.8, 4) is 0 Å². The molecule has 0 aromatic heterocycles. The fraction of sp³-hybridized carbons (Fsp3) is 0.875. The molecule has 5 nitrogen and oxygen atoms in total. The largest absolute Gasteiger partial charge is 0.481 e. The van der Waals surface area contributed by atoms with Gasteiger partial charge in [-0.15, -0.1) is 0 Å². The second-order valence-corrected chi connectivity index (χ2v) is 7.29. The highest BCUT2D eigenvalue weighted by Crippen LogP contribution is 2.32. The van der Waals surface area contributed by atoms with Crippen LogP contribution in [-0.4, -0.2) is 29.6 Å². The van der Waals surface area contributed by atoms with E-state index in [2.05, 4.69) is 26.1 Å². The van der Waals surface area contributed by atoms with Crippen molar-refractivity contribution in [3.63, 3.8) is 0 Å². The van der Waals surface area contributed by atoms with Crippen molar-refractivity contribution in [2.45, 2.75) is 65.3 Å². The molecule has 21 heavy (non-hydrogen) atoms. The van der Waals surface area contributed by atoms with Gasteiger partial charge >= 0.3 is 5.97 Å². The van der Waals surface area contributed by atoms with Gasteiger partial charge in [-0.05, 0) is 50.0 Å². The number of hydrogen-bond donors (Lipinski definition) is 3. The maximum absolute atomic E-state index is 12.0. The van der Waals surface area contributed by atoms with Crippen LogP contribution in [0.25, 0.3) is 0 Å². The summed E-state index contributed by atoms with van der Waals surface area (Å²) in [5.41, 5.74) is 5.81. The van der Waals surface area contributed by atoms with Crippen molar-refractivity contribution < 1.29 is 14.7 Å².